The average molecular weight is 382 g/mol. The van der Waals surface area contributed by atoms with Crippen LogP contribution in [0, 0.1) is 6.92 Å². The van der Waals surface area contributed by atoms with Crippen LogP contribution in [0.4, 0.5) is 5.69 Å². The van der Waals surface area contributed by atoms with E-state index in [1.54, 1.807) is 0 Å². The third kappa shape index (κ3) is 2.28. The average Bonchev–Trinajstić information content (AvgIpc) is 2.72. The van der Waals surface area contributed by atoms with E-state index in [1.807, 2.05) is 37.3 Å². The molecule has 0 spiro atoms. The summed E-state index contributed by atoms with van der Waals surface area (Å²) in [6.45, 7) is 2.03. The predicted molar refractivity (Wildman–Crippen MR) is 84.0 cm³/mol. The smallest absolute Gasteiger partial charge is 0.228 e. The zero-order valence-corrected chi connectivity index (χ0v) is 13.2. The largest absolute Gasteiger partial charge is 0.435 e. The highest BCUT2D eigenvalue weighted by Gasteiger charge is 2.13. The fraction of sp³-hybridized carbons (Fsp3) is 0.0714. The van der Waals surface area contributed by atoms with Gasteiger partial charge in [-0.2, -0.15) is 0 Å². The van der Waals surface area contributed by atoms with Crippen LogP contribution < -0.4 is 5.73 Å². The van der Waals surface area contributed by atoms with E-state index in [0.717, 1.165) is 31.2 Å². The van der Waals surface area contributed by atoms with Gasteiger partial charge in [-0.3, -0.25) is 0 Å². The number of halogens is 2. The Morgan fingerprint density at radius 2 is 1.89 bits per heavy atom. The first kappa shape index (κ1) is 12.7. The first-order valence-corrected chi connectivity index (χ1v) is 7.25. The van der Waals surface area contributed by atoms with Gasteiger partial charge in [0, 0.05) is 10.2 Å². The number of anilines is 1. The Hall–Kier alpha value is -1.33. The van der Waals surface area contributed by atoms with Crippen LogP contribution in [0.15, 0.2) is 43.7 Å². The van der Waals surface area contributed by atoms with Gasteiger partial charge < -0.3 is 10.2 Å². The molecule has 0 saturated carbocycles. The standard InChI is InChI=1S/C14H10Br2N2O/c1-7-4-11(16)13-12(5-7)18-14(19-13)9-3-2-8(17)6-10(9)15/h2-6H,17H2,1H3. The van der Waals surface area contributed by atoms with Gasteiger partial charge in [-0.05, 0) is 74.7 Å². The highest BCUT2D eigenvalue weighted by Crippen LogP contribution is 2.34. The molecule has 0 aliphatic rings. The second kappa shape index (κ2) is 4.65. The van der Waals surface area contributed by atoms with Crippen molar-refractivity contribution >= 4 is 48.6 Å². The van der Waals surface area contributed by atoms with Gasteiger partial charge in [0.05, 0.1) is 10.0 Å². The van der Waals surface area contributed by atoms with Crippen LogP contribution in [-0.4, -0.2) is 4.98 Å². The van der Waals surface area contributed by atoms with E-state index < -0.39 is 0 Å². The molecule has 0 saturated heterocycles. The van der Waals surface area contributed by atoms with E-state index in [-0.39, 0.29) is 0 Å². The number of aryl methyl sites for hydroxylation is 1. The Morgan fingerprint density at radius 3 is 2.63 bits per heavy atom. The van der Waals surface area contributed by atoms with Crippen molar-refractivity contribution in [1.29, 1.82) is 0 Å². The monoisotopic (exact) mass is 380 g/mol. The maximum atomic E-state index is 5.83. The number of oxazole rings is 1. The Bertz CT molecular complexity index is 780. The van der Waals surface area contributed by atoms with Crippen molar-refractivity contribution in [3.63, 3.8) is 0 Å². The summed E-state index contributed by atoms with van der Waals surface area (Å²) < 4.78 is 7.61. The molecule has 1 aromatic heterocycles. The molecule has 3 nitrogen and oxygen atoms in total. The molecule has 0 fully saturated rings. The Morgan fingerprint density at radius 1 is 1.11 bits per heavy atom. The van der Waals surface area contributed by atoms with Crippen LogP contribution in [0.1, 0.15) is 5.56 Å². The molecule has 0 unspecified atom stereocenters. The Kier molecular flexibility index (Phi) is 3.11. The predicted octanol–water partition coefficient (Wildman–Crippen LogP) is 4.91. The molecule has 2 aromatic carbocycles. The zero-order valence-electron chi connectivity index (χ0n) is 10.1. The number of aromatic nitrogens is 1. The number of nitrogen functional groups attached to an aromatic ring is 1. The van der Waals surface area contributed by atoms with Gasteiger partial charge in [-0.15, -0.1) is 0 Å². The maximum absolute atomic E-state index is 5.83. The van der Waals surface area contributed by atoms with E-state index in [1.165, 1.54) is 0 Å². The third-order valence-electron chi connectivity index (χ3n) is 2.81. The summed E-state index contributed by atoms with van der Waals surface area (Å²) in [7, 11) is 0. The van der Waals surface area contributed by atoms with E-state index in [2.05, 4.69) is 36.8 Å². The molecule has 5 heteroatoms. The minimum Gasteiger partial charge on any atom is -0.435 e. The molecule has 0 aliphatic heterocycles. The second-order valence-electron chi connectivity index (χ2n) is 4.35. The van der Waals surface area contributed by atoms with Gasteiger partial charge in [-0.25, -0.2) is 4.98 Å². The maximum Gasteiger partial charge on any atom is 0.228 e. The SMILES string of the molecule is Cc1cc(Br)c2oc(-c3ccc(N)cc3Br)nc2c1. The molecule has 0 radical (unpaired) electrons. The van der Waals surface area contributed by atoms with Crippen LogP contribution in [0.5, 0.6) is 0 Å². The van der Waals surface area contributed by atoms with Crippen LogP contribution >= 0.6 is 31.9 Å². The van der Waals surface area contributed by atoms with Crippen molar-refractivity contribution in [1.82, 2.24) is 4.98 Å². The van der Waals surface area contributed by atoms with Gasteiger partial charge >= 0.3 is 0 Å². The molecule has 1 heterocycles. The number of nitrogens with zero attached hydrogens (tertiary/aromatic N) is 1. The van der Waals surface area contributed by atoms with Gasteiger partial charge in [0.1, 0.15) is 5.52 Å². The minimum absolute atomic E-state index is 0.577. The van der Waals surface area contributed by atoms with Gasteiger partial charge in [0.2, 0.25) is 5.89 Å². The lowest BCUT2D eigenvalue weighted by Gasteiger charge is -2.00. The summed E-state index contributed by atoms with van der Waals surface area (Å²) in [5.74, 6) is 0.577. The number of rotatable bonds is 1. The summed E-state index contributed by atoms with van der Waals surface area (Å²) in [6, 6.07) is 9.57. The van der Waals surface area contributed by atoms with Crippen molar-refractivity contribution in [2.45, 2.75) is 6.92 Å². The van der Waals surface area contributed by atoms with Crippen molar-refractivity contribution in [3.05, 3.63) is 44.8 Å². The molecule has 0 amide bonds. The van der Waals surface area contributed by atoms with E-state index in [9.17, 15) is 0 Å². The van der Waals surface area contributed by atoms with Crippen LogP contribution in [0.2, 0.25) is 0 Å². The molecule has 3 aromatic rings. The number of fused-ring (bicyclic) bond motifs is 1. The number of nitrogens with two attached hydrogens (primary N) is 1. The topological polar surface area (TPSA) is 52.0 Å². The zero-order chi connectivity index (χ0) is 13.6. The lowest BCUT2D eigenvalue weighted by atomic mass is 10.2. The second-order valence-corrected chi connectivity index (χ2v) is 6.06. The van der Waals surface area contributed by atoms with Crippen molar-refractivity contribution < 1.29 is 4.42 Å². The number of benzene rings is 2. The van der Waals surface area contributed by atoms with Gasteiger partial charge in [-0.1, -0.05) is 0 Å². The Balaban J connectivity index is 2.23. The summed E-state index contributed by atoms with van der Waals surface area (Å²) in [6.07, 6.45) is 0. The summed E-state index contributed by atoms with van der Waals surface area (Å²) in [5, 5.41) is 0. The van der Waals surface area contributed by atoms with E-state index >= 15 is 0 Å². The van der Waals surface area contributed by atoms with Crippen molar-refractivity contribution in [2.75, 3.05) is 5.73 Å². The summed E-state index contributed by atoms with van der Waals surface area (Å²) in [5.41, 5.74) is 10.0. The Labute approximate surface area is 127 Å². The van der Waals surface area contributed by atoms with Crippen LogP contribution in [0.25, 0.3) is 22.6 Å². The van der Waals surface area contributed by atoms with Crippen molar-refractivity contribution in [2.24, 2.45) is 0 Å². The lowest BCUT2D eigenvalue weighted by Crippen LogP contribution is -1.86. The summed E-state index contributed by atoms with van der Waals surface area (Å²) >= 11 is 6.98. The normalized spacial score (nSPS) is 11.1. The highest BCUT2D eigenvalue weighted by molar-refractivity contribution is 9.11. The van der Waals surface area contributed by atoms with Gasteiger partial charge in [0.15, 0.2) is 5.58 Å². The molecular weight excluding hydrogens is 372 g/mol. The molecular formula is C14H10Br2N2O. The molecule has 0 bridgehead atoms. The molecule has 19 heavy (non-hydrogen) atoms. The fourth-order valence-electron chi connectivity index (χ4n) is 1.94. The van der Waals surface area contributed by atoms with Gasteiger partial charge in [0.25, 0.3) is 0 Å². The van der Waals surface area contributed by atoms with E-state index in [4.69, 9.17) is 10.2 Å². The first-order valence-electron chi connectivity index (χ1n) is 5.66. The fourth-order valence-corrected chi connectivity index (χ4v) is 3.15. The molecule has 3 rings (SSSR count). The third-order valence-corrected chi connectivity index (χ3v) is 4.06. The van der Waals surface area contributed by atoms with Crippen LogP contribution in [-0.2, 0) is 0 Å². The summed E-state index contributed by atoms with van der Waals surface area (Å²) in [4.78, 5) is 4.53. The lowest BCUT2D eigenvalue weighted by molar-refractivity contribution is 0.617. The van der Waals surface area contributed by atoms with Crippen molar-refractivity contribution in [3.8, 4) is 11.5 Å². The molecule has 0 aliphatic carbocycles. The number of hydrogen-bond donors (Lipinski definition) is 1. The molecule has 96 valence electrons. The van der Waals surface area contributed by atoms with E-state index in [0.29, 0.717) is 11.6 Å². The number of hydrogen-bond acceptors (Lipinski definition) is 3. The highest BCUT2D eigenvalue weighted by atomic mass is 79.9. The van der Waals surface area contributed by atoms with Crippen LogP contribution in [0.3, 0.4) is 0 Å². The molecule has 2 N–H and O–H groups in total. The quantitative estimate of drug-likeness (QED) is 0.609. The molecule has 0 atom stereocenters. The first-order chi connectivity index (χ1) is 9.04. The minimum atomic E-state index is 0.577.